The molecule has 12 aromatic carbocycles. The summed E-state index contributed by atoms with van der Waals surface area (Å²) in [6.07, 6.45) is -29.7. The van der Waals surface area contributed by atoms with Gasteiger partial charge in [-0.2, -0.15) is 0 Å². The molecule has 30 nitrogen and oxygen atoms in total. The van der Waals surface area contributed by atoms with E-state index in [0.29, 0.717) is 16.7 Å². The molecule has 16 rings (SSSR count). The molecule has 0 amide bonds. The molecule has 0 spiro atoms. The zero-order chi connectivity index (χ0) is 105. The van der Waals surface area contributed by atoms with Crippen LogP contribution in [0.1, 0.15) is 111 Å². The summed E-state index contributed by atoms with van der Waals surface area (Å²) in [5.74, 6) is -4.25. The molecule has 0 N–H and O–H groups in total. The highest BCUT2D eigenvalue weighted by molar-refractivity contribution is 9.10. The van der Waals surface area contributed by atoms with Crippen LogP contribution < -0.4 is 20.7 Å². The van der Waals surface area contributed by atoms with Crippen LogP contribution in [0.3, 0.4) is 0 Å². The molecule has 0 radical (unpaired) electrons. The van der Waals surface area contributed by atoms with E-state index >= 15 is 4.79 Å². The van der Waals surface area contributed by atoms with Crippen molar-refractivity contribution < 1.29 is 113 Å². The van der Waals surface area contributed by atoms with Gasteiger partial charge in [-0.1, -0.05) is 363 Å². The molecule has 0 unspecified atom stereocenters. The van der Waals surface area contributed by atoms with Crippen molar-refractivity contribution in [1.29, 1.82) is 0 Å². The summed E-state index contributed by atoms with van der Waals surface area (Å²) in [5.41, 5.74) is 26.4. The normalized spacial score (nSPS) is 24.1. The van der Waals surface area contributed by atoms with E-state index in [4.69, 9.17) is 89.4 Å². The van der Waals surface area contributed by atoms with Crippen LogP contribution in [-0.4, -0.2) is 196 Å². The van der Waals surface area contributed by atoms with Crippen molar-refractivity contribution in [2.75, 3.05) is 26.4 Å². The van der Waals surface area contributed by atoms with Gasteiger partial charge in [-0.15, -0.1) is 0 Å². The molecule has 4 aliphatic rings. The zero-order valence-electron chi connectivity index (χ0n) is 83.9. The summed E-state index contributed by atoms with van der Waals surface area (Å²) in [5, 5.41) is 13.4. The Kier molecular flexibility index (Phi) is 37.8. The SMILES string of the molecule is CC(=O)OC[C@@H]1O[C@@H](O[C@H]2[C@H](OCc3ccc(Br)cc3)[C@@H](N=[N+]=[N-])[C@@H](O[C@H]3[C@H](OCc4ccccc4)[C@@H](OC(=O)c4ccccc4)[C@H](OC(C)=O)O[C@@H]3COC(C)=O)O[C@@H]2CO[Si](c2ccccc2)(c2ccccc2)C(C)(C)C)[C@H](OC(=O)c2ccccc2)[C@@H](OCc2ccccc2)[C@@H]1O[C@H]1O[C@H](CO[Si](c2ccccc2)(c2ccccc2)C(C)(C)C)[C@@H](OCc2ccc3ccccc3c2)[C@H](OCc2ccc(Br)cc2)[C@H]1N=[N+]=[N-]. The van der Waals surface area contributed by atoms with Crippen molar-refractivity contribution in [3.8, 4) is 0 Å². The Morgan fingerprint density at radius 3 is 0.987 bits per heavy atom. The average Bonchev–Trinajstić information content (AvgIpc) is 0.737. The number of esters is 5. The van der Waals surface area contributed by atoms with Crippen LogP contribution in [0.25, 0.3) is 31.7 Å². The minimum absolute atomic E-state index is 0.0223. The van der Waals surface area contributed by atoms with E-state index in [2.05, 4.69) is 118 Å². The van der Waals surface area contributed by atoms with Crippen LogP contribution in [0, 0.1) is 0 Å². The number of fused-ring (bicyclic) bond motifs is 1. The van der Waals surface area contributed by atoms with E-state index in [0.717, 1.165) is 58.5 Å². The first-order valence-corrected chi connectivity index (χ1v) is 54.8. The topological polar surface area (TPSA) is 358 Å². The summed E-state index contributed by atoms with van der Waals surface area (Å²) in [6, 6.07) is 99.6. The molecule has 0 bridgehead atoms. The molecule has 4 fully saturated rings. The van der Waals surface area contributed by atoms with Crippen molar-refractivity contribution in [3.05, 3.63) is 402 Å². The number of benzene rings is 12. The molecule has 0 aliphatic carbocycles. The summed E-state index contributed by atoms with van der Waals surface area (Å²) >= 11 is 7.24. The van der Waals surface area contributed by atoms with E-state index in [1.807, 2.05) is 224 Å². The second-order valence-electron chi connectivity index (χ2n) is 38.8. The predicted molar refractivity (Wildman–Crippen MR) is 567 cm³/mol. The molecule has 4 saturated heterocycles. The van der Waals surface area contributed by atoms with Crippen LogP contribution in [-0.2, 0) is 137 Å². The van der Waals surface area contributed by atoms with Crippen LogP contribution in [0.4, 0.5) is 0 Å². The van der Waals surface area contributed by atoms with Gasteiger partial charge in [0, 0.05) is 39.5 Å². The summed E-state index contributed by atoms with van der Waals surface area (Å²) in [4.78, 5) is 79.1. The maximum Gasteiger partial charge on any atom is 0.338 e. The van der Waals surface area contributed by atoms with Gasteiger partial charge < -0.3 is 89.4 Å². The minimum Gasteiger partial charge on any atom is -0.463 e. The molecule has 0 aromatic heterocycles. The minimum atomic E-state index is -3.83. The van der Waals surface area contributed by atoms with E-state index in [9.17, 15) is 30.2 Å². The van der Waals surface area contributed by atoms with Gasteiger partial charge in [0.05, 0.1) is 57.4 Å². The Labute approximate surface area is 884 Å². The predicted octanol–water partition coefficient (Wildman–Crippen LogP) is 19.3. The Balaban J connectivity index is 0.886. The largest absolute Gasteiger partial charge is 0.463 e. The van der Waals surface area contributed by atoms with Crippen molar-refractivity contribution in [2.45, 2.75) is 228 Å². The number of halogens is 2. The first-order chi connectivity index (χ1) is 72.1. The molecule has 0 saturated carbocycles. The standard InChI is InChI=1S/C115H120Br2N6O24Si2/c1-74(124)129-70-92-100(104(134-65-77-36-18-10-19-37-77)106(112(141-92)138-76(3)126)143-108(127)83-41-22-12-23-42-83)146-111-97(121-123-119)103(133-68-80-57-62-87(117)63-58-80)99(95(140-111)73-137-149(115(7,8)9,90-50-30-16-31-51-90)91-52-32-17-33-53-91)147-113-107(144-109(128)84-43-24-13-25-44-84)105(135-66-78-38-20-11-21-39-78)101(93(142-113)71-130-75(2)125)145-110-96(120-122-118)102(132-67-79-55-60-86(116)61-56-79)98(131-69-81-54-59-82-40-34-35-45-85(82)64-81)94(139-110)72-136-148(114(4,5)6,88-46-26-14-27-47-88)89-48-28-15-29-49-89/h10-64,92-107,110-113H,65-73H2,1-9H3/t92-,93+,94-,95-,96-,97-,98-,99-,100-,101-,102-,103-,104+,105+,106-,107-,110-,111-,112-,113+/m1/s1. The number of hydrogen-bond donors (Lipinski definition) is 0. The molecular formula is C115H120Br2N6O24Si2. The fraction of sp³-hybridized carbons (Fsp3) is 0.348. The maximum absolute atomic E-state index is 16.1. The third-order valence-electron chi connectivity index (χ3n) is 26.6. The van der Waals surface area contributed by atoms with E-state index in [1.54, 1.807) is 72.8 Å². The number of rotatable bonds is 42. The molecule has 12 aromatic rings. The van der Waals surface area contributed by atoms with Gasteiger partial charge in [0.25, 0.3) is 16.6 Å². The van der Waals surface area contributed by atoms with Gasteiger partial charge >= 0.3 is 29.8 Å². The fourth-order valence-corrected chi connectivity index (χ4v) is 29.3. The lowest BCUT2D eigenvalue weighted by Gasteiger charge is -2.52. The van der Waals surface area contributed by atoms with Gasteiger partial charge in [0.2, 0.25) is 6.29 Å². The number of carbonyl (C=O) groups is 5. The lowest BCUT2D eigenvalue weighted by Crippen LogP contribution is -2.70. The summed E-state index contributed by atoms with van der Waals surface area (Å²) in [7, 11) is -7.40. The monoisotopic (exact) mass is 2180 g/mol. The lowest BCUT2D eigenvalue weighted by atomic mass is 9.94. The van der Waals surface area contributed by atoms with Gasteiger partial charge in [-0.3, -0.25) is 14.4 Å². The number of hydrogen-bond acceptors (Lipinski definition) is 26. The highest BCUT2D eigenvalue weighted by Gasteiger charge is 2.62. The summed E-state index contributed by atoms with van der Waals surface area (Å²) < 4.78 is 139. The van der Waals surface area contributed by atoms with E-state index in [1.165, 1.54) is 26.0 Å². The first kappa shape index (κ1) is 109. The van der Waals surface area contributed by atoms with Crippen molar-refractivity contribution in [3.63, 3.8) is 0 Å². The molecule has 34 heteroatoms. The number of ether oxygens (including phenoxy) is 17. The van der Waals surface area contributed by atoms with E-state index in [-0.39, 0.29) is 50.8 Å². The van der Waals surface area contributed by atoms with Gasteiger partial charge in [-0.25, -0.2) is 9.59 Å². The average molecular weight is 2190 g/mol. The van der Waals surface area contributed by atoms with Crippen LogP contribution in [0.15, 0.2) is 353 Å². The van der Waals surface area contributed by atoms with Crippen LogP contribution in [0.5, 0.6) is 0 Å². The smallest absolute Gasteiger partial charge is 0.338 e. The molecule has 20 atom stereocenters. The van der Waals surface area contributed by atoms with Crippen LogP contribution in [0.2, 0.25) is 10.1 Å². The number of nitrogens with zero attached hydrogens (tertiary/aromatic N) is 6. The third-order valence-corrected chi connectivity index (χ3v) is 37.7. The van der Waals surface area contributed by atoms with Gasteiger partial charge in [0.15, 0.2) is 31.1 Å². The Hall–Kier alpha value is -12.3. The fourth-order valence-electron chi connectivity index (χ4n) is 19.7. The van der Waals surface area contributed by atoms with Crippen molar-refractivity contribution in [1.82, 2.24) is 0 Å². The second-order valence-corrected chi connectivity index (χ2v) is 49.2. The lowest BCUT2D eigenvalue weighted by molar-refractivity contribution is -0.380. The molecule has 776 valence electrons. The number of azide groups is 2. The molecule has 4 aliphatic heterocycles. The first-order valence-electron chi connectivity index (χ1n) is 49.4. The van der Waals surface area contributed by atoms with Gasteiger partial charge in [0.1, 0.15) is 98.5 Å². The van der Waals surface area contributed by atoms with Crippen molar-refractivity contribution in [2.24, 2.45) is 10.2 Å². The highest BCUT2D eigenvalue weighted by atomic mass is 79.9. The Morgan fingerprint density at radius 1 is 0.309 bits per heavy atom. The zero-order valence-corrected chi connectivity index (χ0v) is 89.1. The van der Waals surface area contributed by atoms with Gasteiger partial charge in [-0.05, 0) is 135 Å². The quantitative estimate of drug-likeness (QED) is 0.00856. The second kappa shape index (κ2) is 51.5. The molecule has 149 heavy (non-hydrogen) atoms. The van der Waals surface area contributed by atoms with E-state index < -0.39 is 199 Å². The number of carbonyl (C=O) groups excluding carboxylic acids is 5. The molecule has 4 heterocycles. The van der Waals surface area contributed by atoms with Crippen molar-refractivity contribution >= 4 is 110 Å². The summed E-state index contributed by atoms with van der Waals surface area (Å²) in [6.45, 7) is 13.4. The third kappa shape index (κ3) is 27.2. The molecular weight excluding hydrogens is 2070 g/mol. The Bertz CT molecular complexity index is 6400. The van der Waals surface area contributed by atoms with Crippen LogP contribution >= 0.6 is 31.9 Å². The Morgan fingerprint density at radius 2 is 0.604 bits per heavy atom. The maximum atomic E-state index is 16.1. The highest BCUT2D eigenvalue weighted by Crippen LogP contribution is 2.46.